The number of halogens is 1. The van der Waals surface area contributed by atoms with Crippen molar-refractivity contribution in [1.82, 2.24) is 10.2 Å². The first-order valence-corrected chi connectivity index (χ1v) is 12.2. The highest BCUT2D eigenvalue weighted by Gasteiger charge is 2.32. The molecule has 0 bridgehead atoms. The van der Waals surface area contributed by atoms with Crippen molar-refractivity contribution >= 4 is 35.2 Å². The number of nitrogens with zero attached hydrogens (tertiary/aromatic N) is 1. The summed E-state index contributed by atoms with van der Waals surface area (Å²) in [4.78, 5) is 26.8. The Morgan fingerprint density at radius 2 is 1.73 bits per heavy atom. The first kappa shape index (κ1) is 23.4. The van der Waals surface area contributed by atoms with Gasteiger partial charge in [0.15, 0.2) is 0 Å². The van der Waals surface area contributed by atoms with Gasteiger partial charge >= 0.3 is 0 Å². The number of amides is 2. The first-order chi connectivity index (χ1) is 16.1. The fraction of sp³-hybridized carbons (Fsp3) is 0.231. The molecule has 170 valence electrons. The molecule has 1 fully saturated rings. The summed E-state index contributed by atoms with van der Waals surface area (Å²) in [6.45, 7) is 1.93. The van der Waals surface area contributed by atoms with E-state index in [0.29, 0.717) is 42.6 Å². The zero-order valence-electron chi connectivity index (χ0n) is 18.1. The molecule has 1 aliphatic rings. The van der Waals surface area contributed by atoms with E-state index in [1.54, 1.807) is 23.9 Å². The standard InChI is InChI=1S/C26H25ClN2O3S/c27-23-12-6-19(7-13-23)16-29-24(30)18-33-26(29)22-10-8-21(9-11-22)25(31)28-14-15-32-17-20-4-2-1-3-5-20/h1-13,26H,14-18H2,(H,28,31)/t26-/m1/s1. The Morgan fingerprint density at radius 3 is 2.45 bits per heavy atom. The van der Waals surface area contributed by atoms with Crippen LogP contribution in [-0.4, -0.2) is 35.6 Å². The summed E-state index contributed by atoms with van der Waals surface area (Å²) in [6, 6.07) is 24.9. The van der Waals surface area contributed by atoms with Crippen LogP contribution in [0.5, 0.6) is 0 Å². The van der Waals surface area contributed by atoms with Gasteiger partial charge in [-0.25, -0.2) is 0 Å². The molecule has 0 unspecified atom stereocenters. The van der Waals surface area contributed by atoms with Crippen LogP contribution < -0.4 is 5.32 Å². The van der Waals surface area contributed by atoms with Crippen LogP contribution in [0.15, 0.2) is 78.9 Å². The Balaban J connectivity index is 1.28. The van der Waals surface area contributed by atoms with Crippen LogP contribution in [0.4, 0.5) is 0 Å². The molecule has 0 radical (unpaired) electrons. The molecule has 33 heavy (non-hydrogen) atoms. The molecular weight excluding hydrogens is 456 g/mol. The van der Waals surface area contributed by atoms with E-state index in [2.05, 4.69) is 5.32 Å². The van der Waals surface area contributed by atoms with Gasteiger partial charge in [0.2, 0.25) is 5.91 Å². The number of carbonyl (C=O) groups is 2. The molecule has 3 aromatic rings. The second kappa shape index (κ2) is 11.4. The predicted octanol–water partition coefficient (Wildman–Crippen LogP) is 5.06. The number of nitrogens with one attached hydrogen (secondary N) is 1. The maximum absolute atomic E-state index is 12.5. The highest BCUT2D eigenvalue weighted by Crippen LogP contribution is 2.39. The van der Waals surface area contributed by atoms with Gasteiger partial charge in [-0.15, -0.1) is 11.8 Å². The lowest BCUT2D eigenvalue weighted by molar-refractivity contribution is -0.128. The molecule has 3 aromatic carbocycles. The Bertz CT molecular complexity index is 1070. The predicted molar refractivity (Wildman–Crippen MR) is 132 cm³/mol. The molecule has 2 amide bonds. The van der Waals surface area contributed by atoms with Crippen LogP contribution in [0.3, 0.4) is 0 Å². The Morgan fingerprint density at radius 1 is 1.00 bits per heavy atom. The molecule has 1 heterocycles. The Kier molecular flexibility index (Phi) is 8.05. The molecule has 7 heteroatoms. The van der Waals surface area contributed by atoms with Crippen LogP contribution in [-0.2, 0) is 22.7 Å². The molecule has 0 spiro atoms. The van der Waals surface area contributed by atoms with Gasteiger partial charge in [0.05, 0.1) is 19.0 Å². The van der Waals surface area contributed by atoms with Crippen molar-refractivity contribution < 1.29 is 14.3 Å². The average molecular weight is 481 g/mol. The molecular formula is C26H25ClN2O3S. The molecule has 5 nitrogen and oxygen atoms in total. The number of hydrogen-bond donors (Lipinski definition) is 1. The fourth-order valence-electron chi connectivity index (χ4n) is 3.59. The van der Waals surface area contributed by atoms with Crippen molar-refractivity contribution in [2.24, 2.45) is 0 Å². The van der Waals surface area contributed by atoms with Gasteiger partial charge in [-0.1, -0.05) is 66.2 Å². The fourth-order valence-corrected chi connectivity index (χ4v) is 4.90. The minimum absolute atomic E-state index is 0.0725. The van der Waals surface area contributed by atoms with Crippen molar-refractivity contribution in [2.45, 2.75) is 18.5 Å². The molecule has 0 aromatic heterocycles. The third kappa shape index (κ3) is 6.38. The second-order valence-corrected chi connectivity index (χ2v) is 9.23. The van der Waals surface area contributed by atoms with E-state index in [1.807, 2.05) is 71.6 Å². The van der Waals surface area contributed by atoms with E-state index in [4.69, 9.17) is 16.3 Å². The zero-order valence-corrected chi connectivity index (χ0v) is 19.6. The molecule has 4 rings (SSSR count). The second-order valence-electron chi connectivity index (χ2n) is 7.73. The zero-order chi connectivity index (χ0) is 23.0. The van der Waals surface area contributed by atoms with E-state index < -0.39 is 0 Å². The lowest BCUT2D eigenvalue weighted by atomic mass is 10.1. The topological polar surface area (TPSA) is 58.6 Å². The van der Waals surface area contributed by atoms with Crippen molar-refractivity contribution in [2.75, 3.05) is 18.9 Å². The maximum atomic E-state index is 12.5. The van der Waals surface area contributed by atoms with E-state index in [1.165, 1.54) is 0 Å². The average Bonchev–Trinajstić information content (AvgIpc) is 3.21. The smallest absolute Gasteiger partial charge is 0.251 e. The third-order valence-electron chi connectivity index (χ3n) is 5.34. The van der Waals surface area contributed by atoms with Gasteiger partial charge in [0.25, 0.3) is 5.91 Å². The Hall–Kier alpha value is -2.80. The van der Waals surface area contributed by atoms with E-state index in [9.17, 15) is 9.59 Å². The number of benzene rings is 3. The highest BCUT2D eigenvalue weighted by atomic mass is 35.5. The van der Waals surface area contributed by atoms with Gasteiger partial charge < -0.3 is 15.0 Å². The van der Waals surface area contributed by atoms with E-state index in [-0.39, 0.29) is 17.2 Å². The van der Waals surface area contributed by atoms with Crippen molar-refractivity contribution in [3.63, 3.8) is 0 Å². The summed E-state index contributed by atoms with van der Waals surface area (Å²) in [5.74, 6) is 0.416. The molecule has 1 N–H and O–H groups in total. The van der Waals surface area contributed by atoms with Crippen LogP contribution >= 0.6 is 23.4 Å². The van der Waals surface area contributed by atoms with Gasteiger partial charge in [-0.3, -0.25) is 9.59 Å². The number of ether oxygens (including phenoxy) is 1. The number of carbonyl (C=O) groups excluding carboxylic acids is 2. The highest BCUT2D eigenvalue weighted by molar-refractivity contribution is 8.00. The monoisotopic (exact) mass is 480 g/mol. The van der Waals surface area contributed by atoms with Gasteiger partial charge in [-0.05, 0) is 41.0 Å². The third-order valence-corrected chi connectivity index (χ3v) is 6.84. The van der Waals surface area contributed by atoms with Gasteiger partial charge in [0.1, 0.15) is 5.37 Å². The molecule has 0 aliphatic carbocycles. The number of hydrogen-bond acceptors (Lipinski definition) is 4. The van der Waals surface area contributed by atoms with Gasteiger partial charge in [0, 0.05) is 23.7 Å². The minimum Gasteiger partial charge on any atom is -0.375 e. The first-order valence-electron chi connectivity index (χ1n) is 10.8. The molecule has 1 aliphatic heterocycles. The summed E-state index contributed by atoms with van der Waals surface area (Å²) in [5, 5.41) is 3.49. The summed E-state index contributed by atoms with van der Waals surface area (Å²) in [7, 11) is 0. The van der Waals surface area contributed by atoms with Crippen molar-refractivity contribution in [1.29, 1.82) is 0 Å². The molecule has 0 saturated carbocycles. The maximum Gasteiger partial charge on any atom is 0.251 e. The normalized spacial score (nSPS) is 15.6. The van der Waals surface area contributed by atoms with Crippen LogP contribution in [0, 0.1) is 0 Å². The van der Waals surface area contributed by atoms with Gasteiger partial charge in [-0.2, -0.15) is 0 Å². The number of rotatable bonds is 9. The minimum atomic E-state index is -0.141. The largest absolute Gasteiger partial charge is 0.375 e. The molecule has 1 saturated heterocycles. The lowest BCUT2D eigenvalue weighted by Crippen LogP contribution is -2.28. The van der Waals surface area contributed by atoms with Crippen LogP contribution in [0.1, 0.15) is 32.4 Å². The summed E-state index contributed by atoms with van der Waals surface area (Å²) >= 11 is 7.57. The Labute approximate surface area is 203 Å². The van der Waals surface area contributed by atoms with Crippen molar-refractivity contribution in [3.05, 3.63) is 106 Å². The number of thioether (sulfide) groups is 1. The molecule has 1 atom stereocenters. The summed E-state index contributed by atoms with van der Waals surface area (Å²) in [5.41, 5.74) is 3.72. The summed E-state index contributed by atoms with van der Waals surface area (Å²) < 4.78 is 5.61. The van der Waals surface area contributed by atoms with Crippen LogP contribution in [0.25, 0.3) is 0 Å². The van der Waals surface area contributed by atoms with E-state index >= 15 is 0 Å². The SMILES string of the molecule is O=C(NCCOCc1ccccc1)c1ccc([C@H]2SCC(=O)N2Cc2ccc(Cl)cc2)cc1. The lowest BCUT2D eigenvalue weighted by Gasteiger charge is -2.24. The summed E-state index contributed by atoms with van der Waals surface area (Å²) in [6.07, 6.45) is 0. The quantitative estimate of drug-likeness (QED) is 0.435. The van der Waals surface area contributed by atoms with E-state index in [0.717, 1.165) is 16.7 Å². The van der Waals surface area contributed by atoms with Crippen molar-refractivity contribution in [3.8, 4) is 0 Å². The van der Waals surface area contributed by atoms with Crippen LogP contribution in [0.2, 0.25) is 5.02 Å².